The lowest BCUT2D eigenvalue weighted by molar-refractivity contribution is -0.120. The van der Waals surface area contributed by atoms with Gasteiger partial charge < -0.3 is 19.7 Å². The summed E-state index contributed by atoms with van der Waals surface area (Å²) >= 11 is 0. The van der Waals surface area contributed by atoms with Crippen molar-refractivity contribution in [3.05, 3.63) is 95.3 Å². The Morgan fingerprint density at radius 1 is 1.00 bits per heavy atom. The molecule has 1 fully saturated rings. The lowest BCUT2D eigenvalue weighted by atomic mass is 10.1. The Labute approximate surface area is 223 Å². The van der Waals surface area contributed by atoms with E-state index in [-0.39, 0.29) is 30.6 Å². The first-order valence-electron chi connectivity index (χ1n) is 12.9. The van der Waals surface area contributed by atoms with Crippen LogP contribution in [0.3, 0.4) is 0 Å². The van der Waals surface area contributed by atoms with Crippen LogP contribution in [0.2, 0.25) is 0 Å². The standard InChI is InChI=1S/C30H34FN3O4/c1-37-28-8-3-6-25(21-28)30(36)34(22-24-5-2-7-26(31)19-24)27-11-9-23(10-12-27)20-29(35)32-13-4-14-33-15-17-38-18-16-33/h2-3,5-12,19,21H,4,13-18,20,22H2,1H3,(H,32,35). The third-order valence-electron chi connectivity index (χ3n) is 6.48. The summed E-state index contributed by atoms with van der Waals surface area (Å²) in [5.74, 6) is -0.0573. The summed E-state index contributed by atoms with van der Waals surface area (Å²) in [5, 5.41) is 2.99. The second-order valence-corrected chi connectivity index (χ2v) is 9.25. The summed E-state index contributed by atoms with van der Waals surface area (Å²) in [5.41, 5.74) is 2.62. The van der Waals surface area contributed by atoms with Crippen molar-refractivity contribution in [3.63, 3.8) is 0 Å². The van der Waals surface area contributed by atoms with Crippen LogP contribution in [0, 0.1) is 5.82 Å². The molecule has 0 aromatic heterocycles. The molecule has 7 nitrogen and oxygen atoms in total. The molecule has 1 aliphatic rings. The fraction of sp³-hybridized carbons (Fsp3) is 0.333. The number of amides is 2. The maximum absolute atomic E-state index is 13.9. The fourth-order valence-electron chi connectivity index (χ4n) is 4.41. The van der Waals surface area contributed by atoms with Crippen LogP contribution in [0.5, 0.6) is 5.75 Å². The van der Waals surface area contributed by atoms with Gasteiger partial charge in [-0.1, -0.05) is 30.3 Å². The van der Waals surface area contributed by atoms with E-state index < -0.39 is 0 Å². The Balaban J connectivity index is 1.40. The molecule has 0 unspecified atom stereocenters. The molecule has 3 aromatic carbocycles. The number of carbonyl (C=O) groups excluding carboxylic acids is 2. The van der Waals surface area contributed by atoms with Crippen LogP contribution in [-0.2, 0) is 22.5 Å². The van der Waals surface area contributed by atoms with Crippen molar-refractivity contribution < 1.29 is 23.5 Å². The molecule has 0 aliphatic carbocycles. The smallest absolute Gasteiger partial charge is 0.258 e. The third-order valence-corrected chi connectivity index (χ3v) is 6.48. The first-order valence-corrected chi connectivity index (χ1v) is 12.9. The predicted molar refractivity (Wildman–Crippen MR) is 145 cm³/mol. The van der Waals surface area contributed by atoms with Gasteiger partial charge in [-0.15, -0.1) is 0 Å². The van der Waals surface area contributed by atoms with Gasteiger partial charge in [-0.2, -0.15) is 0 Å². The van der Waals surface area contributed by atoms with Gasteiger partial charge in [-0.25, -0.2) is 4.39 Å². The van der Waals surface area contributed by atoms with Gasteiger partial charge in [-0.05, 0) is 66.6 Å². The second kappa shape index (κ2) is 13.7. The van der Waals surface area contributed by atoms with Gasteiger partial charge in [0.05, 0.1) is 33.3 Å². The molecule has 4 rings (SSSR count). The topological polar surface area (TPSA) is 71.1 Å². The number of morpholine rings is 1. The lowest BCUT2D eigenvalue weighted by Gasteiger charge is -2.26. The molecule has 3 aromatic rings. The molecule has 0 saturated carbocycles. The van der Waals surface area contributed by atoms with E-state index in [4.69, 9.17) is 9.47 Å². The molecular formula is C30H34FN3O4. The number of methoxy groups -OCH3 is 1. The van der Waals surface area contributed by atoms with Crippen molar-refractivity contribution in [1.82, 2.24) is 10.2 Å². The monoisotopic (exact) mass is 519 g/mol. The van der Waals surface area contributed by atoms with Gasteiger partial charge in [0.2, 0.25) is 5.91 Å². The van der Waals surface area contributed by atoms with Crippen molar-refractivity contribution in [2.75, 3.05) is 51.4 Å². The van der Waals surface area contributed by atoms with Crippen molar-refractivity contribution >= 4 is 17.5 Å². The molecule has 0 spiro atoms. The zero-order chi connectivity index (χ0) is 26.7. The van der Waals surface area contributed by atoms with Crippen LogP contribution in [0.25, 0.3) is 0 Å². The van der Waals surface area contributed by atoms with E-state index in [1.54, 1.807) is 48.4 Å². The molecule has 1 heterocycles. The number of rotatable bonds is 11. The van der Waals surface area contributed by atoms with E-state index >= 15 is 0 Å². The van der Waals surface area contributed by atoms with Crippen molar-refractivity contribution in [3.8, 4) is 5.75 Å². The van der Waals surface area contributed by atoms with Crippen LogP contribution in [0.1, 0.15) is 27.9 Å². The van der Waals surface area contributed by atoms with Gasteiger partial charge in [0, 0.05) is 30.9 Å². The SMILES string of the molecule is COc1cccc(C(=O)N(Cc2cccc(F)c2)c2ccc(CC(=O)NCCCN3CCOCC3)cc2)c1. The van der Waals surface area contributed by atoms with Gasteiger partial charge in [0.15, 0.2) is 0 Å². The minimum absolute atomic E-state index is 0.0381. The molecule has 8 heteroatoms. The molecule has 0 bridgehead atoms. The number of ether oxygens (including phenoxy) is 2. The Morgan fingerprint density at radius 3 is 2.50 bits per heavy atom. The third kappa shape index (κ3) is 7.87. The van der Waals surface area contributed by atoms with Gasteiger partial charge >= 0.3 is 0 Å². The van der Waals surface area contributed by atoms with Gasteiger partial charge in [0.25, 0.3) is 5.91 Å². The first kappa shape index (κ1) is 27.3. The summed E-state index contributed by atoms with van der Waals surface area (Å²) in [6, 6.07) is 20.5. The summed E-state index contributed by atoms with van der Waals surface area (Å²) in [4.78, 5) is 29.9. The van der Waals surface area contributed by atoms with E-state index in [1.807, 2.05) is 24.3 Å². The number of carbonyl (C=O) groups is 2. The molecule has 1 N–H and O–H groups in total. The van der Waals surface area contributed by atoms with E-state index in [2.05, 4.69) is 10.2 Å². The fourth-order valence-corrected chi connectivity index (χ4v) is 4.41. The lowest BCUT2D eigenvalue weighted by Crippen LogP contribution is -2.38. The van der Waals surface area contributed by atoms with Crippen LogP contribution in [0.15, 0.2) is 72.8 Å². The van der Waals surface area contributed by atoms with Crippen LogP contribution in [0.4, 0.5) is 10.1 Å². The number of nitrogens with zero attached hydrogens (tertiary/aromatic N) is 2. The van der Waals surface area contributed by atoms with Crippen LogP contribution in [-0.4, -0.2) is 63.2 Å². The highest BCUT2D eigenvalue weighted by Crippen LogP contribution is 2.23. The number of halogens is 1. The minimum Gasteiger partial charge on any atom is -0.497 e. The Morgan fingerprint density at radius 2 is 1.76 bits per heavy atom. The molecule has 200 valence electrons. The summed E-state index contributed by atoms with van der Waals surface area (Å²) in [6.45, 7) is 5.19. The molecule has 0 radical (unpaired) electrons. The van der Waals surface area contributed by atoms with Gasteiger partial charge in [0.1, 0.15) is 11.6 Å². The largest absolute Gasteiger partial charge is 0.497 e. The maximum Gasteiger partial charge on any atom is 0.258 e. The van der Waals surface area contributed by atoms with E-state index in [0.717, 1.165) is 44.8 Å². The van der Waals surface area contributed by atoms with Crippen LogP contribution < -0.4 is 15.0 Å². The Hall–Kier alpha value is -3.75. The number of hydrogen-bond donors (Lipinski definition) is 1. The average Bonchev–Trinajstić information content (AvgIpc) is 2.95. The maximum atomic E-state index is 13.9. The number of nitrogens with one attached hydrogen (secondary N) is 1. The van der Waals surface area contributed by atoms with Crippen molar-refractivity contribution in [2.24, 2.45) is 0 Å². The number of anilines is 1. The normalized spacial score (nSPS) is 13.6. The Bertz CT molecular complexity index is 1210. The zero-order valence-electron chi connectivity index (χ0n) is 21.7. The van der Waals surface area contributed by atoms with E-state index in [9.17, 15) is 14.0 Å². The van der Waals surface area contributed by atoms with Crippen LogP contribution >= 0.6 is 0 Å². The minimum atomic E-state index is -0.359. The molecular weight excluding hydrogens is 485 g/mol. The molecule has 38 heavy (non-hydrogen) atoms. The van der Waals surface area contributed by atoms with Crippen molar-refractivity contribution in [1.29, 1.82) is 0 Å². The highest BCUT2D eigenvalue weighted by Gasteiger charge is 2.19. The summed E-state index contributed by atoms with van der Waals surface area (Å²) in [6.07, 6.45) is 1.15. The van der Waals surface area contributed by atoms with E-state index in [1.165, 1.54) is 12.1 Å². The van der Waals surface area contributed by atoms with Crippen molar-refractivity contribution in [2.45, 2.75) is 19.4 Å². The molecule has 1 saturated heterocycles. The number of hydrogen-bond acceptors (Lipinski definition) is 5. The number of benzene rings is 3. The highest BCUT2D eigenvalue weighted by atomic mass is 19.1. The first-order chi connectivity index (χ1) is 18.5. The van der Waals surface area contributed by atoms with Gasteiger partial charge in [-0.3, -0.25) is 14.5 Å². The average molecular weight is 520 g/mol. The quantitative estimate of drug-likeness (QED) is 0.387. The molecule has 0 atom stereocenters. The van der Waals surface area contributed by atoms with E-state index in [0.29, 0.717) is 29.1 Å². The summed E-state index contributed by atoms with van der Waals surface area (Å²) in [7, 11) is 1.55. The highest BCUT2D eigenvalue weighted by molar-refractivity contribution is 6.06. The molecule has 1 aliphatic heterocycles. The zero-order valence-corrected chi connectivity index (χ0v) is 21.7. The molecule has 2 amide bonds. The Kier molecular flexibility index (Phi) is 9.84. The predicted octanol–water partition coefficient (Wildman–Crippen LogP) is 4.06. The summed E-state index contributed by atoms with van der Waals surface area (Å²) < 4.78 is 24.5. The second-order valence-electron chi connectivity index (χ2n) is 9.25.